The molecule has 1 atom stereocenters. The third-order valence-electron chi connectivity index (χ3n) is 2.00. The van der Waals surface area contributed by atoms with Crippen LogP contribution in [0.2, 0.25) is 5.15 Å². The van der Waals surface area contributed by atoms with Gasteiger partial charge < -0.3 is 0 Å². The van der Waals surface area contributed by atoms with Crippen LogP contribution in [0, 0.1) is 5.92 Å². The third-order valence-corrected chi connectivity index (χ3v) is 3.03. The summed E-state index contributed by atoms with van der Waals surface area (Å²) in [5, 5.41) is 0.428. The molecule has 0 fully saturated rings. The average molecular weight is 277 g/mol. The molecule has 0 saturated carbocycles. The van der Waals surface area contributed by atoms with E-state index in [2.05, 4.69) is 13.6 Å². The molecule has 7 heteroatoms. The van der Waals surface area contributed by atoms with Gasteiger partial charge in [0.05, 0.1) is 7.11 Å². The molecule has 1 rings (SSSR count). The molecule has 0 spiro atoms. The quantitative estimate of drug-likeness (QED) is 0.608. The zero-order chi connectivity index (χ0) is 12.9. The Kier molecular flexibility index (Phi) is 5.04. The molecule has 1 aromatic rings. The van der Waals surface area contributed by atoms with Gasteiger partial charge in [-0.15, -0.1) is 0 Å². The molecular formula is C10H13ClN2O3S. The van der Waals surface area contributed by atoms with Crippen molar-refractivity contribution in [2.45, 2.75) is 13.3 Å². The van der Waals surface area contributed by atoms with E-state index in [0.29, 0.717) is 11.6 Å². The smallest absolute Gasteiger partial charge is 0.256 e. The van der Waals surface area contributed by atoms with Crippen LogP contribution in [-0.4, -0.2) is 26.7 Å². The molecule has 1 unspecified atom stereocenters. The van der Waals surface area contributed by atoms with Gasteiger partial charge in [-0.2, -0.15) is 12.8 Å². The van der Waals surface area contributed by atoms with E-state index in [9.17, 15) is 8.42 Å². The van der Waals surface area contributed by atoms with E-state index in [1.54, 1.807) is 12.3 Å². The van der Waals surface area contributed by atoms with Gasteiger partial charge in [0.25, 0.3) is 0 Å². The largest absolute Gasteiger partial charge is 0.380 e. The van der Waals surface area contributed by atoms with Crippen LogP contribution in [0.25, 0.3) is 0 Å². The molecule has 94 valence electrons. The van der Waals surface area contributed by atoms with Crippen molar-refractivity contribution in [3.8, 4) is 0 Å². The molecule has 17 heavy (non-hydrogen) atoms. The normalized spacial score (nSPS) is 14.1. The fourth-order valence-electron chi connectivity index (χ4n) is 1.17. The first-order chi connectivity index (χ1) is 7.93. The molecule has 1 heterocycles. The number of hydrogen-bond donors (Lipinski definition) is 0. The molecule has 0 bridgehead atoms. The highest BCUT2D eigenvalue weighted by atomic mass is 35.5. The van der Waals surface area contributed by atoms with E-state index < -0.39 is 10.3 Å². The zero-order valence-corrected chi connectivity index (χ0v) is 11.1. The van der Waals surface area contributed by atoms with Crippen LogP contribution in [0.15, 0.2) is 22.7 Å². The predicted molar refractivity (Wildman–Crippen MR) is 66.5 cm³/mol. The van der Waals surface area contributed by atoms with Crippen molar-refractivity contribution >= 4 is 28.1 Å². The Labute approximate surface area is 106 Å². The SMILES string of the molecule is COS(=O)(=O)N=CC(C)Cc1ccc(Cl)nc1. The molecule has 0 saturated heterocycles. The topological polar surface area (TPSA) is 68.6 Å². The van der Waals surface area contributed by atoms with Gasteiger partial charge in [0.15, 0.2) is 0 Å². The summed E-state index contributed by atoms with van der Waals surface area (Å²) in [4.78, 5) is 3.94. The molecule has 0 radical (unpaired) electrons. The van der Waals surface area contributed by atoms with Gasteiger partial charge in [0.2, 0.25) is 0 Å². The summed E-state index contributed by atoms with van der Waals surface area (Å²) in [5.74, 6) is -0.0390. The second-order valence-electron chi connectivity index (χ2n) is 3.52. The fourth-order valence-corrected chi connectivity index (χ4v) is 1.73. The van der Waals surface area contributed by atoms with Crippen LogP contribution in [0.5, 0.6) is 0 Å². The van der Waals surface area contributed by atoms with Crippen molar-refractivity contribution in [2.75, 3.05) is 7.11 Å². The van der Waals surface area contributed by atoms with Gasteiger partial charge in [-0.25, -0.2) is 4.98 Å². The van der Waals surface area contributed by atoms with Gasteiger partial charge in [0.1, 0.15) is 5.15 Å². The van der Waals surface area contributed by atoms with Crippen molar-refractivity contribution in [2.24, 2.45) is 10.3 Å². The molecule has 0 N–H and O–H groups in total. The molecule has 0 amide bonds. The summed E-state index contributed by atoms with van der Waals surface area (Å²) in [6, 6.07) is 3.52. The van der Waals surface area contributed by atoms with Crippen molar-refractivity contribution in [3.63, 3.8) is 0 Å². The van der Waals surface area contributed by atoms with Crippen molar-refractivity contribution in [1.29, 1.82) is 0 Å². The first-order valence-corrected chi connectivity index (χ1v) is 6.63. The van der Waals surface area contributed by atoms with Crippen LogP contribution >= 0.6 is 11.6 Å². The highest BCUT2D eigenvalue weighted by Crippen LogP contribution is 2.09. The molecule has 1 aromatic heterocycles. The molecule has 0 aliphatic carbocycles. The number of pyridine rings is 1. The number of rotatable bonds is 5. The number of hydrogen-bond acceptors (Lipinski definition) is 4. The lowest BCUT2D eigenvalue weighted by molar-refractivity contribution is 0.399. The molecule has 0 aliphatic heterocycles. The Morgan fingerprint density at radius 1 is 1.59 bits per heavy atom. The lowest BCUT2D eigenvalue weighted by Crippen LogP contribution is -2.05. The second kappa shape index (κ2) is 6.09. The fraction of sp³-hybridized carbons (Fsp3) is 0.400. The lowest BCUT2D eigenvalue weighted by Gasteiger charge is -2.04. The maximum absolute atomic E-state index is 11.0. The Hall–Kier alpha value is -0.980. The zero-order valence-electron chi connectivity index (χ0n) is 9.50. The average Bonchev–Trinajstić information content (AvgIpc) is 2.30. The number of nitrogens with zero attached hydrogens (tertiary/aromatic N) is 2. The lowest BCUT2D eigenvalue weighted by atomic mass is 10.0. The van der Waals surface area contributed by atoms with E-state index in [-0.39, 0.29) is 5.92 Å². The Bertz CT molecular complexity index is 485. The molecule has 0 aromatic carbocycles. The minimum absolute atomic E-state index is 0.0390. The summed E-state index contributed by atoms with van der Waals surface area (Å²) in [5.41, 5.74) is 0.961. The standard InChI is InChI=1S/C10H13ClN2O3S/c1-8(6-13-17(14,15)16-2)5-9-3-4-10(11)12-7-9/h3-4,6-8H,5H2,1-2H3. The van der Waals surface area contributed by atoms with Crippen LogP contribution in [-0.2, 0) is 20.9 Å². The van der Waals surface area contributed by atoms with Gasteiger partial charge in [-0.05, 0) is 24.0 Å². The first-order valence-electron chi connectivity index (χ1n) is 4.89. The summed E-state index contributed by atoms with van der Waals surface area (Å²) in [7, 11) is -2.71. The van der Waals surface area contributed by atoms with Crippen LogP contribution in [0.1, 0.15) is 12.5 Å². The molecule has 5 nitrogen and oxygen atoms in total. The highest BCUT2D eigenvalue weighted by Gasteiger charge is 2.06. The van der Waals surface area contributed by atoms with E-state index in [1.165, 1.54) is 6.21 Å². The maximum atomic E-state index is 11.0. The van der Waals surface area contributed by atoms with Gasteiger partial charge in [-0.3, -0.25) is 4.18 Å². The van der Waals surface area contributed by atoms with Crippen molar-refractivity contribution < 1.29 is 12.6 Å². The van der Waals surface area contributed by atoms with Gasteiger partial charge in [-0.1, -0.05) is 24.6 Å². The summed E-state index contributed by atoms with van der Waals surface area (Å²) in [6.45, 7) is 1.85. The van der Waals surface area contributed by atoms with E-state index >= 15 is 0 Å². The van der Waals surface area contributed by atoms with Gasteiger partial charge in [0, 0.05) is 12.4 Å². The minimum atomic E-state index is -3.78. The minimum Gasteiger partial charge on any atom is -0.256 e. The Balaban J connectivity index is 2.61. The third kappa shape index (κ3) is 5.25. The predicted octanol–water partition coefficient (Wildman–Crippen LogP) is 1.88. The van der Waals surface area contributed by atoms with Crippen molar-refractivity contribution in [3.05, 3.63) is 29.0 Å². The van der Waals surface area contributed by atoms with Crippen LogP contribution in [0.3, 0.4) is 0 Å². The number of aromatic nitrogens is 1. The van der Waals surface area contributed by atoms with Crippen LogP contribution in [0.4, 0.5) is 0 Å². The Morgan fingerprint density at radius 3 is 2.82 bits per heavy atom. The summed E-state index contributed by atoms with van der Waals surface area (Å²) in [6.07, 6.45) is 3.62. The van der Waals surface area contributed by atoms with Crippen LogP contribution < -0.4 is 0 Å². The van der Waals surface area contributed by atoms with E-state index in [0.717, 1.165) is 12.7 Å². The molecule has 0 aliphatic rings. The molecular weight excluding hydrogens is 264 g/mol. The van der Waals surface area contributed by atoms with Gasteiger partial charge >= 0.3 is 10.3 Å². The Morgan fingerprint density at radius 2 is 2.29 bits per heavy atom. The van der Waals surface area contributed by atoms with E-state index in [4.69, 9.17) is 11.6 Å². The van der Waals surface area contributed by atoms with E-state index in [1.807, 2.05) is 13.0 Å². The maximum Gasteiger partial charge on any atom is 0.380 e. The first kappa shape index (κ1) is 14.1. The summed E-state index contributed by atoms with van der Waals surface area (Å²) >= 11 is 5.65. The van der Waals surface area contributed by atoms with Crippen molar-refractivity contribution in [1.82, 2.24) is 4.98 Å². The second-order valence-corrected chi connectivity index (χ2v) is 5.31. The summed E-state index contributed by atoms with van der Waals surface area (Å²) < 4.78 is 29.5. The number of halogens is 1. The highest BCUT2D eigenvalue weighted by molar-refractivity contribution is 7.85. The monoisotopic (exact) mass is 276 g/mol.